The normalized spacial score (nSPS) is 61.3. The zero-order valence-corrected chi connectivity index (χ0v) is 14.9. The molecule has 1 saturated heterocycles. The third-order valence-electron chi connectivity index (χ3n) is 9.40. The van der Waals surface area contributed by atoms with Gasteiger partial charge in [-0.1, -0.05) is 13.3 Å². The molecule has 4 saturated carbocycles. The van der Waals surface area contributed by atoms with Crippen molar-refractivity contribution >= 4 is 5.97 Å². The molecule has 0 amide bonds. The van der Waals surface area contributed by atoms with Crippen molar-refractivity contribution in [2.45, 2.75) is 82.8 Å². The van der Waals surface area contributed by atoms with E-state index < -0.39 is 17.0 Å². The van der Waals surface area contributed by atoms with E-state index in [1.807, 2.05) is 6.92 Å². The Morgan fingerprint density at radius 2 is 1.75 bits per heavy atom. The predicted molar refractivity (Wildman–Crippen MR) is 88.4 cm³/mol. The summed E-state index contributed by atoms with van der Waals surface area (Å²) < 4.78 is 5.82. The first-order valence-electron chi connectivity index (χ1n) is 9.80. The van der Waals surface area contributed by atoms with Crippen LogP contribution in [0.5, 0.6) is 0 Å². The predicted octanol–water partition coefficient (Wildman–Crippen LogP) is 3.37. The number of carboxylic acids is 1. The number of rotatable bonds is 1. The van der Waals surface area contributed by atoms with Crippen LogP contribution in [0.4, 0.5) is 0 Å². The molecule has 2 N–H and O–H groups in total. The number of fused-ring (bicyclic) bond motifs is 4. The Morgan fingerprint density at radius 1 is 1.04 bits per heavy atom. The quantitative estimate of drug-likeness (QED) is 0.721. The maximum Gasteiger partial charge on any atom is 0.309 e. The third kappa shape index (κ3) is 1.56. The summed E-state index contributed by atoms with van der Waals surface area (Å²) >= 11 is 0. The first-order valence-corrected chi connectivity index (χ1v) is 9.80. The van der Waals surface area contributed by atoms with E-state index >= 15 is 0 Å². The molecular weight excluding hydrogens is 304 g/mol. The monoisotopic (exact) mass is 334 g/mol. The number of carboxylic acid groups (broad SMARTS) is 1. The smallest absolute Gasteiger partial charge is 0.309 e. The van der Waals surface area contributed by atoms with E-state index in [9.17, 15) is 15.0 Å². The number of aliphatic carboxylic acids is 1. The molecule has 24 heavy (non-hydrogen) atoms. The minimum absolute atomic E-state index is 0.103. The number of hydrogen-bond acceptors (Lipinski definition) is 3. The van der Waals surface area contributed by atoms with Crippen molar-refractivity contribution in [2.24, 2.45) is 28.1 Å². The Bertz CT molecular complexity index is 609. The molecule has 4 aliphatic carbocycles. The highest BCUT2D eigenvalue weighted by atomic mass is 16.6. The molecule has 4 nitrogen and oxygen atoms in total. The van der Waals surface area contributed by atoms with Gasteiger partial charge in [-0.3, -0.25) is 4.79 Å². The van der Waals surface area contributed by atoms with E-state index in [0.29, 0.717) is 5.92 Å². The second kappa shape index (κ2) is 4.20. The number of ether oxygens (including phenoxy) is 1. The summed E-state index contributed by atoms with van der Waals surface area (Å²) in [5, 5.41) is 21.1. The van der Waals surface area contributed by atoms with Crippen LogP contribution < -0.4 is 0 Å². The lowest BCUT2D eigenvalue weighted by molar-refractivity contribution is -0.186. The molecule has 0 aromatic rings. The fourth-order valence-electron chi connectivity index (χ4n) is 8.30. The molecule has 4 heteroatoms. The third-order valence-corrected chi connectivity index (χ3v) is 9.40. The van der Waals surface area contributed by atoms with Crippen LogP contribution in [0, 0.1) is 28.1 Å². The average Bonchev–Trinajstić information content (AvgIpc) is 3.24. The fraction of sp³-hybridized carbons (Fsp3) is 0.950. The Labute approximate surface area is 144 Å². The van der Waals surface area contributed by atoms with Crippen molar-refractivity contribution in [1.82, 2.24) is 0 Å². The minimum Gasteiger partial charge on any atom is -0.481 e. The van der Waals surface area contributed by atoms with Crippen LogP contribution >= 0.6 is 0 Å². The van der Waals surface area contributed by atoms with Crippen LogP contribution in [0.15, 0.2) is 0 Å². The van der Waals surface area contributed by atoms with Crippen molar-refractivity contribution in [3.8, 4) is 0 Å². The molecule has 1 aliphatic heterocycles. The minimum atomic E-state index is -0.614. The van der Waals surface area contributed by atoms with Gasteiger partial charge in [0.05, 0.1) is 17.6 Å². The molecule has 1 heterocycles. The highest BCUT2D eigenvalue weighted by Crippen LogP contribution is 2.75. The number of epoxide rings is 1. The molecule has 134 valence electrons. The summed E-state index contributed by atoms with van der Waals surface area (Å²) in [7, 11) is 0. The maximum absolute atomic E-state index is 12.1. The van der Waals surface area contributed by atoms with Gasteiger partial charge >= 0.3 is 5.97 Å². The van der Waals surface area contributed by atoms with Crippen LogP contribution in [0.2, 0.25) is 0 Å². The molecule has 7 atom stereocenters. The maximum atomic E-state index is 12.1. The topological polar surface area (TPSA) is 70.1 Å². The molecule has 2 bridgehead atoms. The summed E-state index contributed by atoms with van der Waals surface area (Å²) in [5.41, 5.74) is -1.15. The molecular formula is C20H30O4. The first-order chi connectivity index (χ1) is 11.2. The molecule has 0 radical (unpaired) electrons. The Balaban J connectivity index is 1.56. The zero-order chi connectivity index (χ0) is 17.0. The SMILES string of the molecule is CC1(C(=O)O)CCCC2(C)[C@@H]3CCC4(O)CC3(CC[C@H]12)C[C@@]41CO1. The van der Waals surface area contributed by atoms with E-state index in [2.05, 4.69) is 6.92 Å². The molecule has 0 aromatic carbocycles. The standard InChI is InChI=1S/C20H30O4/c1-16-6-3-7-17(2,15(21)22)13(16)4-8-18-10-19(23,9-5-14(16)18)20(11-18)12-24-20/h13-14,23H,3-12H2,1-2H3,(H,21,22)/t13-,14-,16?,17?,18?,19?,20+/m0/s1. The average molecular weight is 334 g/mol. The van der Waals surface area contributed by atoms with Crippen LogP contribution in [0.3, 0.4) is 0 Å². The van der Waals surface area contributed by atoms with Gasteiger partial charge < -0.3 is 14.9 Å². The molecule has 0 aromatic heterocycles. The van der Waals surface area contributed by atoms with Gasteiger partial charge in [0.15, 0.2) is 0 Å². The Kier molecular flexibility index (Phi) is 2.73. The van der Waals surface area contributed by atoms with E-state index in [1.54, 1.807) is 0 Å². The van der Waals surface area contributed by atoms with E-state index in [1.165, 1.54) is 0 Å². The number of hydrogen-bond donors (Lipinski definition) is 2. The van der Waals surface area contributed by atoms with Crippen LogP contribution in [0.1, 0.15) is 71.6 Å². The van der Waals surface area contributed by atoms with Gasteiger partial charge in [-0.25, -0.2) is 0 Å². The summed E-state index contributed by atoms with van der Waals surface area (Å²) in [6.45, 7) is 5.10. The summed E-state index contributed by atoms with van der Waals surface area (Å²) in [4.78, 5) is 12.1. The largest absolute Gasteiger partial charge is 0.481 e. The second-order valence-corrected chi connectivity index (χ2v) is 10.3. The van der Waals surface area contributed by atoms with Crippen LogP contribution in [-0.4, -0.2) is 34.0 Å². The van der Waals surface area contributed by atoms with E-state index in [0.717, 1.165) is 64.4 Å². The summed E-state index contributed by atoms with van der Waals surface area (Å²) in [6, 6.07) is 0. The Morgan fingerprint density at radius 3 is 2.42 bits per heavy atom. The van der Waals surface area contributed by atoms with Gasteiger partial charge in [0.2, 0.25) is 0 Å². The lowest BCUT2D eigenvalue weighted by Crippen LogP contribution is -2.59. The summed E-state index contributed by atoms with van der Waals surface area (Å²) in [6.07, 6.45) is 8.85. The lowest BCUT2D eigenvalue weighted by Gasteiger charge is -2.63. The van der Waals surface area contributed by atoms with Crippen molar-refractivity contribution in [2.75, 3.05) is 6.61 Å². The molecule has 4 unspecified atom stereocenters. The van der Waals surface area contributed by atoms with Gasteiger partial charge in [-0.05, 0) is 81.0 Å². The van der Waals surface area contributed by atoms with Gasteiger partial charge in [-0.15, -0.1) is 0 Å². The molecule has 5 fully saturated rings. The fourth-order valence-corrected chi connectivity index (χ4v) is 8.30. The number of aliphatic hydroxyl groups is 1. The Hall–Kier alpha value is -0.610. The highest BCUT2D eigenvalue weighted by molar-refractivity contribution is 5.75. The lowest BCUT2D eigenvalue weighted by atomic mass is 9.41. The van der Waals surface area contributed by atoms with E-state index in [-0.39, 0.29) is 22.3 Å². The number of carbonyl (C=O) groups is 1. The molecule has 5 rings (SSSR count). The van der Waals surface area contributed by atoms with Gasteiger partial charge in [-0.2, -0.15) is 0 Å². The van der Waals surface area contributed by atoms with Crippen LogP contribution in [0.25, 0.3) is 0 Å². The van der Waals surface area contributed by atoms with Crippen molar-refractivity contribution in [3.05, 3.63) is 0 Å². The van der Waals surface area contributed by atoms with Crippen LogP contribution in [-0.2, 0) is 9.53 Å². The molecule has 5 aliphatic rings. The first kappa shape index (κ1) is 15.6. The van der Waals surface area contributed by atoms with Crippen molar-refractivity contribution in [3.63, 3.8) is 0 Å². The molecule has 2 spiro atoms. The van der Waals surface area contributed by atoms with E-state index in [4.69, 9.17) is 4.74 Å². The van der Waals surface area contributed by atoms with Crippen molar-refractivity contribution < 1.29 is 19.7 Å². The van der Waals surface area contributed by atoms with Gasteiger partial charge in [0, 0.05) is 0 Å². The highest BCUT2D eigenvalue weighted by Gasteiger charge is 2.76. The second-order valence-electron chi connectivity index (χ2n) is 10.3. The van der Waals surface area contributed by atoms with Gasteiger partial charge in [0.1, 0.15) is 5.60 Å². The van der Waals surface area contributed by atoms with Gasteiger partial charge in [0.25, 0.3) is 0 Å². The zero-order valence-electron chi connectivity index (χ0n) is 14.9. The summed E-state index contributed by atoms with van der Waals surface area (Å²) in [5.74, 6) is 0.219. The van der Waals surface area contributed by atoms with Crippen molar-refractivity contribution in [1.29, 1.82) is 0 Å².